The highest BCUT2D eigenvalue weighted by molar-refractivity contribution is 7.98. The molecule has 27 heavy (non-hydrogen) atoms. The molecule has 7 nitrogen and oxygen atoms in total. The number of hydrogen-bond donors (Lipinski definition) is 0. The summed E-state index contributed by atoms with van der Waals surface area (Å²) in [6, 6.07) is 9.37. The monoisotopic (exact) mass is 385 g/mol. The number of nitrogens with zero attached hydrogens (tertiary/aromatic N) is 3. The van der Waals surface area contributed by atoms with Crippen LogP contribution >= 0.6 is 11.8 Å². The fraction of sp³-hybridized carbons (Fsp3) is 0.211. The van der Waals surface area contributed by atoms with Gasteiger partial charge in [-0.2, -0.15) is 0 Å². The van der Waals surface area contributed by atoms with Crippen LogP contribution in [0.4, 0.5) is 0 Å². The molecule has 0 aliphatic heterocycles. The average molecular weight is 385 g/mol. The lowest BCUT2D eigenvalue weighted by Crippen LogP contribution is -2.03. The number of carbonyl (C=O) groups excluding carboxylic acids is 1. The Kier molecular flexibility index (Phi) is 5.97. The predicted molar refractivity (Wildman–Crippen MR) is 102 cm³/mol. The Balaban J connectivity index is 1.84. The van der Waals surface area contributed by atoms with E-state index in [2.05, 4.69) is 16.8 Å². The maximum absolute atomic E-state index is 11.7. The van der Waals surface area contributed by atoms with E-state index in [-0.39, 0.29) is 5.76 Å². The van der Waals surface area contributed by atoms with Gasteiger partial charge in [0.05, 0.1) is 20.5 Å². The Labute approximate surface area is 161 Å². The first-order valence-corrected chi connectivity index (χ1v) is 9.12. The third-order valence-electron chi connectivity index (χ3n) is 3.85. The number of thioether (sulfide) groups is 1. The number of hydrogen-bond acceptors (Lipinski definition) is 7. The van der Waals surface area contributed by atoms with Gasteiger partial charge < -0.3 is 13.9 Å². The van der Waals surface area contributed by atoms with Crippen LogP contribution < -0.4 is 4.74 Å². The summed E-state index contributed by atoms with van der Waals surface area (Å²) in [4.78, 5) is 11.7. The molecule has 0 aliphatic carbocycles. The lowest BCUT2D eigenvalue weighted by Gasteiger charge is -2.08. The van der Waals surface area contributed by atoms with Gasteiger partial charge in [-0.15, -0.1) is 16.8 Å². The number of rotatable bonds is 8. The third-order valence-corrected chi connectivity index (χ3v) is 4.87. The topological polar surface area (TPSA) is 79.4 Å². The standard InChI is InChI=1S/C19H19N3O4S/c1-4-10-22-17(13-5-7-15(24-2)8-6-13)20-21-19(22)27-12-14-9-11-26-16(14)18(23)25-3/h4-9,11H,1,10,12H2,2-3H3. The second kappa shape index (κ2) is 8.59. The van der Waals surface area contributed by atoms with Crippen molar-refractivity contribution in [3.63, 3.8) is 0 Å². The van der Waals surface area contributed by atoms with Gasteiger partial charge in [-0.1, -0.05) is 17.8 Å². The Hall–Kier alpha value is -3.00. The summed E-state index contributed by atoms with van der Waals surface area (Å²) in [6.07, 6.45) is 3.26. The van der Waals surface area contributed by atoms with Crippen molar-refractivity contribution in [2.75, 3.05) is 14.2 Å². The molecule has 3 rings (SSSR count). The smallest absolute Gasteiger partial charge is 0.374 e. The molecule has 0 spiro atoms. The van der Waals surface area contributed by atoms with Gasteiger partial charge in [-0.3, -0.25) is 4.57 Å². The molecule has 0 unspecified atom stereocenters. The molecule has 8 heteroatoms. The summed E-state index contributed by atoms with van der Waals surface area (Å²) >= 11 is 1.46. The van der Waals surface area contributed by atoms with Crippen LogP contribution in [0.2, 0.25) is 0 Å². The van der Waals surface area contributed by atoms with E-state index in [1.807, 2.05) is 28.8 Å². The molecule has 140 valence electrons. The Morgan fingerprint density at radius 1 is 1.26 bits per heavy atom. The minimum absolute atomic E-state index is 0.204. The van der Waals surface area contributed by atoms with E-state index in [9.17, 15) is 4.79 Å². The highest BCUT2D eigenvalue weighted by Gasteiger charge is 2.18. The highest BCUT2D eigenvalue weighted by atomic mass is 32.2. The normalized spacial score (nSPS) is 10.6. The van der Waals surface area contributed by atoms with Crippen molar-refractivity contribution in [2.24, 2.45) is 0 Å². The quantitative estimate of drug-likeness (QED) is 0.331. The van der Waals surface area contributed by atoms with Gasteiger partial charge in [0.1, 0.15) is 5.75 Å². The van der Waals surface area contributed by atoms with Gasteiger partial charge in [0.2, 0.25) is 5.76 Å². The predicted octanol–water partition coefficient (Wildman–Crippen LogP) is 3.81. The van der Waals surface area contributed by atoms with E-state index >= 15 is 0 Å². The molecule has 0 atom stereocenters. The van der Waals surface area contributed by atoms with Crippen molar-refractivity contribution in [3.8, 4) is 17.1 Å². The zero-order chi connectivity index (χ0) is 19.2. The van der Waals surface area contributed by atoms with Crippen LogP contribution in [0, 0.1) is 0 Å². The van der Waals surface area contributed by atoms with Gasteiger partial charge in [-0.05, 0) is 30.3 Å². The van der Waals surface area contributed by atoms with E-state index in [1.165, 1.54) is 25.1 Å². The lowest BCUT2D eigenvalue weighted by molar-refractivity contribution is 0.0564. The summed E-state index contributed by atoms with van der Waals surface area (Å²) in [5.74, 6) is 1.72. The SMILES string of the molecule is C=CCn1c(SCc2ccoc2C(=O)OC)nnc1-c1ccc(OC)cc1. The average Bonchev–Trinajstić information content (AvgIpc) is 3.33. The Bertz CT molecular complexity index is 931. The Morgan fingerprint density at radius 3 is 2.70 bits per heavy atom. The number of benzene rings is 1. The molecular formula is C19H19N3O4S. The van der Waals surface area contributed by atoms with E-state index < -0.39 is 5.97 Å². The van der Waals surface area contributed by atoms with Crippen LogP contribution in [-0.2, 0) is 17.0 Å². The molecule has 0 fully saturated rings. The third kappa shape index (κ3) is 4.06. The molecule has 3 aromatic rings. The fourth-order valence-corrected chi connectivity index (χ4v) is 3.43. The molecule has 0 saturated carbocycles. The summed E-state index contributed by atoms with van der Waals surface area (Å²) in [5.41, 5.74) is 1.67. The molecule has 0 saturated heterocycles. The highest BCUT2D eigenvalue weighted by Crippen LogP contribution is 2.28. The lowest BCUT2D eigenvalue weighted by atomic mass is 10.2. The van der Waals surface area contributed by atoms with Crippen molar-refractivity contribution < 1.29 is 18.7 Å². The van der Waals surface area contributed by atoms with Crippen molar-refractivity contribution in [2.45, 2.75) is 17.5 Å². The first-order chi connectivity index (χ1) is 13.2. The summed E-state index contributed by atoms with van der Waals surface area (Å²) in [7, 11) is 2.95. The van der Waals surface area contributed by atoms with Crippen LogP contribution in [0.1, 0.15) is 16.1 Å². The number of carbonyl (C=O) groups is 1. The minimum atomic E-state index is -0.498. The van der Waals surface area contributed by atoms with Gasteiger partial charge in [0.15, 0.2) is 11.0 Å². The Morgan fingerprint density at radius 2 is 2.04 bits per heavy atom. The summed E-state index contributed by atoms with van der Waals surface area (Å²) in [6.45, 7) is 4.38. The molecule has 2 aromatic heterocycles. The van der Waals surface area contributed by atoms with Crippen LogP contribution in [0.5, 0.6) is 5.75 Å². The second-order valence-electron chi connectivity index (χ2n) is 5.49. The number of allylic oxidation sites excluding steroid dienone is 1. The molecule has 0 bridgehead atoms. The molecule has 0 radical (unpaired) electrons. The molecule has 2 heterocycles. The largest absolute Gasteiger partial charge is 0.497 e. The summed E-state index contributed by atoms with van der Waals surface area (Å²) < 4.78 is 17.1. The fourth-order valence-electron chi connectivity index (χ4n) is 2.51. The zero-order valence-electron chi connectivity index (χ0n) is 15.0. The van der Waals surface area contributed by atoms with Crippen molar-refractivity contribution in [1.82, 2.24) is 14.8 Å². The van der Waals surface area contributed by atoms with E-state index in [0.29, 0.717) is 12.3 Å². The van der Waals surface area contributed by atoms with Gasteiger partial charge >= 0.3 is 5.97 Å². The van der Waals surface area contributed by atoms with Crippen LogP contribution in [-0.4, -0.2) is 35.0 Å². The van der Waals surface area contributed by atoms with Crippen molar-refractivity contribution in [3.05, 3.63) is 60.6 Å². The van der Waals surface area contributed by atoms with Gasteiger partial charge in [0, 0.05) is 23.4 Å². The van der Waals surface area contributed by atoms with E-state index in [1.54, 1.807) is 19.3 Å². The van der Waals surface area contributed by atoms with Crippen LogP contribution in [0.3, 0.4) is 0 Å². The van der Waals surface area contributed by atoms with E-state index in [0.717, 1.165) is 27.9 Å². The maximum Gasteiger partial charge on any atom is 0.374 e. The first kappa shape index (κ1) is 18.8. The number of aromatic nitrogens is 3. The first-order valence-electron chi connectivity index (χ1n) is 8.14. The van der Waals surface area contributed by atoms with Gasteiger partial charge in [0.25, 0.3) is 0 Å². The van der Waals surface area contributed by atoms with Crippen LogP contribution in [0.15, 0.2) is 58.8 Å². The molecule has 0 aliphatic rings. The number of furan rings is 1. The van der Waals surface area contributed by atoms with Gasteiger partial charge in [-0.25, -0.2) is 4.79 Å². The molecule has 0 N–H and O–H groups in total. The number of esters is 1. The zero-order valence-corrected chi connectivity index (χ0v) is 15.9. The van der Waals surface area contributed by atoms with Crippen molar-refractivity contribution in [1.29, 1.82) is 0 Å². The van der Waals surface area contributed by atoms with Crippen molar-refractivity contribution >= 4 is 17.7 Å². The maximum atomic E-state index is 11.7. The summed E-state index contributed by atoms with van der Waals surface area (Å²) in [5, 5.41) is 9.34. The second-order valence-corrected chi connectivity index (χ2v) is 6.43. The minimum Gasteiger partial charge on any atom is -0.497 e. The number of methoxy groups -OCH3 is 2. The molecular weight excluding hydrogens is 366 g/mol. The van der Waals surface area contributed by atoms with E-state index in [4.69, 9.17) is 13.9 Å². The number of ether oxygens (including phenoxy) is 2. The molecule has 1 aromatic carbocycles. The molecule has 0 amide bonds. The van der Waals surface area contributed by atoms with Crippen LogP contribution in [0.25, 0.3) is 11.4 Å².